The van der Waals surface area contributed by atoms with E-state index in [1.807, 2.05) is 11.6 Å². The quantitative estimate of drug-likeness (QED) is 0.912. The van der Waals surface area contributed by atoms with Crippen molar-refractivity contribution in [3.05, 3.63) is 51.3 Å². The Morgan fingerprint density at radius 2 is 1.84 bits per heavy atom. The standard InChI is InChI=1S/C15H20BrN3/c1-4-19-14(15(16)12(3)18-19)10-17-9-13-7-5-11(2)6-8-13/h5-8,17H,4,9-10H2,1-3H3. The number of hydrogen-bond acceptors (Lipinski definition) is 2. The van der Waals surface area contributed by atoms with Crippen LogP contribution in [0.2, 0.25) is 0 Å². The summed E-state index contributed by atoms with van der Waals surface area (Å²) in [5.74, 6) is 0. The number of benzene rings is 1. The molecule has 0 fully saturated rings. The molecule has 102 valence electrons. The lowest BCUT2D eigenvalue weighted by molar-refractivity contribution is 0.578. The largest absolute Gasteiger partial charge is 0.307 e. The second-order valence-corrected chi connectivity index (χ2v) is 5.54. The minimum Gasteiger partial charge on any atom is -0.307 e. The van der Waals surface area contributed by atoms with Gasteiger partial charge in [-0.25, -0.2) is 0 Å². The first kappa shape index (κ1) is 14.3. The van der Waals surface area contributed by atoms with E-state index in [4.69, 9.17) is 0 Å². The third kappa shape index (κ3) is 3.45. The van der Waals surface area contributed by atoms with Crippen molar-refractivity contribution in [3.8, 4) is 0 Å². The van der Waals surface area contributed by atoms with Gasteiger partial charge < -0.3 is 5.32 Å². The van der Waals surface area contributed by atoms with E-state index in [-0.39, 0.29) is 0 Å². The molecule has 1 heterocycles. The van der Waals surface area contributed by atoms with Crippen LogP contribution in [0.5, 0.6) is 0 Å². The van der Waals surface area contributed by atoms with E-state index in [0.717, 1.165) is 29.8 Å². The van der Waals surface area contributed by atoms with Crippen LogP contribution >= 0.6 is 15.9 Å². The maximum Gasteiger partial charge on any atom is 0.0739 e. The predicted octanol–water partition coefficient (Wildman–Crippen LogP) is 3.57. The third-order valence-corrected chi connectivity index (χ3v) is 4.23. The monoisotopic (exact) mass is 321 g/mol. The molecule has 0 aliphatic carbocycles. The Balaban J connectivity index is 1.97. The highest BCUT2D eigenvalue weighted by molar-refractivity contribution is 9.10. The molecule has 0 saturated carbocycles. The summed E-state index contributed by atoms with van der Waals surface area (Å²) in [6.07, 6.45) is 0. The van der Waals surface area contributed by atoms with Crippen molar-refractivity contribution in [2.75, 3.05) is 0 Å². The zero-order chi connectivity index (χ0) is 13.8. The fourth-order valence-electron chi connectivity index (χ4n) is 2.07. The number of nitrogens with one attached hydrogen (secondary N) is 1. The second kappa shape index (κ2) is 6.35. The lowest BCUT2D eigenvalue weighted by atomic mass is 10.1. The Morgan fingerprint density at radius 1 is 1.16 bits per heavy atom. The molecule has 1 aromatic heterocycles. The number of aromatic nitrogens is 2. The highest BCUT2D eigenvalue weighted by Gasteiger charge is 2.11. The van der Waals surface area contributed by atoms with Crippen molar-refractivity contribution in [2.24, 2.45) is 0 Å². The smallest absolute Gasteiger partial charge is 0.0739 e. The SMILES string of the molecule is CCn1nc(C)c(Br)c1CNCc1ccc(C)cc1. The molecule has 3 nitrogen and oxygen atoms in total. The second-order valence-electron chi connectivity index (χ2n) is 4.75. The van der Waals surface area contributed by atoms with Crippen LogP contribution in [0, 0.1) is 13.8 Å². The highest BCUT2D eigenvalue weighted by atomic mass is 79.9. The van der Waals surface area contributed by atoms with Gasteiger partial charge in [0, 0.05) is 19.6 Å². The van der Waals surface area contributed by atoms with Crippen LogP contribution in [0.1, 0.15) is 29.4 Å². The molecule has 0 unspecified atom stereocenters. The van der Waals surface area contributed by atoms with Gasteiger partial charge in [-0.05, 0) is 42.3 Å². The summed E-state index contributed by atoms with van der Waals surface area (Å²) in [4.78, 5) is 0. The first-order valence-electron chi connectivity index (χ1n) is 6.60. The summed E-state index contributed by atoms with van der Waals surface area (Å²) >= 11 is 3.61. The molecule has 19 heavy (non-hydrogen) atoms. The van der Waals surface area contributed by atoms with Crippen LogP contribution in [0.15, 0.2) is 28.7 Å². The summed E-state index contributed by atoms with van der Waals surface area (Å²) < 4.78 is 3.16. The lowest BCUT2D eigenvalue weighted by Gasteiger charge is -2.08. The molecule has 2 aromatic rings. The van der Waals surface area contributed by atoms with Gasteiger partial charge in [-0.15, -0.1) is 0 Å². The molecule has 0 amide bonds. The predicted molar refractivity (Wildman–Crippen MR) is 82.1 cm³/mol. The van der Waals surface area contributed by atoms with Gasteiger partial charge in [0.05, 0.1) is 15.9 Å². The maximum absolute atomic E-state index is 4.50. The molecule has 1 aromatic carbocycles. The van der Waals surface area contributed by atoms with Crippen LogP contribution < -0.4 is 5.32 Å². The van der Waals surface area contributed by atoms with Crippen molar-refractivity contribution < 1.29 is 0 Å². The van der Waals surface area contributed by atoms with Crippen LogP contribution in [0.4, 0.5) is 0 Å². The van der Waals surface area contributed by atoms with E-state index >= 15 is 0 Å². The number of nitrogens with zero attached hydrogens (tertiary/aromatic N) is 2. The molecule has 0 bridgehead atoms. The number of hydrogen-bond donors (Lipinski definition) is 1. The topological polar surface area (TPSA) is 29.9 Å². The number of halogens is 1. The number of rotatable bonds is 5. The Labute approximate surface area is 123 Å². The van der Waals surface area contributed by atoms with Gasteiger partial charge in [0.25, 0.3) is 0 Å². The Kier molecular flexibility index (Phi) is 4.77. The molecule has 1 N–H and O–H groups in total. The van der Waals surface area contributed by atoms with Gasteiger partial charge in [-0.3, -0.25) is 4.68 Å². The van der Waals surface area contributed by atoms with Gasteiger partial charge in [-0.2, -0.15) is 5.10 Å². The van der Waals surface area contributed by atoms with Crippen molar-refractivity contribution in [1.82, 2.24) is 15.1 Å². The zero-order valence-electron chi connectivity index (χ0n) is 11.7. The fourth-order valence-corrected chi connectivity index (χ4v) is 2.49. The molecule has 2 rings (SSSR count). The molecular weight excluding hydrogens is 302 g/mol. The molecule has 0 saturated heterocycles. The van der Waals surface area contributed by atoms with Crippen molar-refractivity contribution >= 4 is 15.9 Å². The van der Waals surface area contributed by atoms with Gasteiger partial charge >= 0.3 is 0 Å². The summed E-state index contributed by atoms with van der Waals surface area (Å²) in [6.45, 7) is 8.84. The number of aryl methyl sites for hydroxylation is 3. The average molecular weight is 322 g/mol. The molecule has 0 atom stereocenters. The Morgan fingerprint density at radius 3 is 2.47 bits per heavy atom. The molecule has 4 heteroatoms. The molecule has 0 aliphatic rings. The van der Waals surface area contributed by atoms with Gasteiger partial charge in [0.1, 0.15) is 0 Å². The minimum absolute atomic E-state index is 0.823. The van der Waals surface area contributed by atoms with E-state index in [1.54, 1.807) is 0 Å². The molecule has 0 radical (unpaired) electrons. The normalized spacial score (nSPS) is 10.9. The van der Waals surface area contributed by atoms with E-state index in [9.17, 15) is 0 Å². The first-order chi connectivity index (χ1) is 9.11. The van der Waals surface area contributed by atoms with Gasteiger partial charge in [0.2, 0.25) is 0 Å². The summed E-state index contributed by atoms with van der Waals surface area (Å²) in [6, 6.07) is 8.63. The van der Waals surface area contributed by atoms with Crippen molar-refractivity contribution in [3.63, 3.8) is 0 Å². The average Bonchev–Trinajstić information content (AvgIpc) is 2.68. The summed E-state index contributed by atoms with van der Waals surface area (Å²) in [5.41, 5.74) is 4.87. The van der Waals surface area contributed by atoms with E-state index in [1.165, 1.54) is 16.8 Å². The zero-order valence-corrected chi connectivity index (χ0v) is 13.3. The van der Waals surface area contributed by atoms with Crippen molar-refractivity contribution in [2.45, 2.75) is 40.4 Å². The van der Waals surface area contributed by atoms with Crippen LogP contribution in [-0.4, -0.2) is 9.78 Å². The molecular formula is C15H20BrN3. The van der Waals surface area contributed by atoms with Gasteiger partial charge in [-0.1, -0.05) is 29.8 Å². The summed E-state index contributed by atoms with van der Waals surface area (Å²) in [7, 11) is 0. The van der Waals surface area contributed by atoms with Crippen LogP contribution in [0.25, 0.3) is 0 Å². The fraction of sp³-hybridized carbons (Fsp3) is 0.400. The Bertz CT molecular complexity index is 543. The highest BCUT2D eigenvalue weighted by Crippen LogP contribution is 2.20. The van der Waals surface area contributed by atoms with E-state index in [2.05, 4.69) is 64.5 Å². The minimum atomic E-state index is 0.823. The third-order valence-electron chi connectivity index (χ3n) is 3.20. The van der Waals surface area contributed by atoms with E-state index < -0.39 is 0 Å². The maximum atomic E-state index is 4.50. The Hall–Kier alpha value is -1.13. The van der Waals surface area contributed by atoms with E-state index in [0.29, 0.717) is 0 Å². The van der Waals surface area contributed by atoms with Crippen LogP contribution in [-0.2, 0) is 19.6 Å². The molecule has 0 spiro atoms. The molecule has 0 aliphatic heterocycles. The summed E-state index contributed by atoms with van der Waals surface area (Å²) in [5, 5.41) is 7.97. The van der Waals surface area contributed by atoms with Crippen molar-refractivity contribution in [1.29, 1.82) is 0 Å². The first-order valence-corrected chi connectivity index (χ1v) is 7.39. The van der Waals surface area contributed by atoms with Gasteiger partial charge in [0.15, 0.2) is 0 Å². The van der Waals surface area contributed by atoms with Crippen LogP contribution in [0.3, 0.4) is 0 Å². The lowest BCUT2D eigenvalue weighted by Crippen LogP contribution is -2.16.